The van der Waals surface area contributed by atoms with E-state index in [1.807, 2.05) is 0 Å². The molecule has 1 aliphatic rings. The molecule has 0 amide bonds. The molecule has 1 heterocycles. The van der Waals surface area contributed by atoms with Crippen molar-refractivity contribution in [3.05, 3.63) is 29.3 Å². The molecule has 0 aliphatic carbocycles. The average Bonchev–Trinajstić information content (AvgIpc) is 2.97. The van der Waals surface area contributed by atoms with Crippen molar-refractivity contribution < 1.29 is 43.3 Å². The van der Waals surface area contributed by atoms with Gasteiger partial charge in [-0.05, 0) is 36.1 Å². The molecule has 1 aromatic carbocycles. The molecular formula is C16H25NO9P2. The van der Waals surface area contributed by atoms with Crippen molar-refractivity contribution in [1.82, 2.24) is 0 Å². The van der Waals surface area contributed by atoms with Crippen LogP contribution in [0, 0.1) is 0 Å². The molecule has 0 fully saturated rings. The third-order valence-electron chi connectivity index (χ3n) is 4.16. The van der Waals surface area contributed by atoms with Crippen molar-refractivity contribution in [3.8, 4) is 5.75 Å². The molecule has 0 radical (unpaired) electrons. The molecule has 28 heavy (non-hydrogen) atoms. The molecule has 0 bridgehead atoms. The number of benzene rings is 1. The second kappa shape index (κ2) is 9.05. The zero-order valence-corrected chi connectivity index (χ0v) is 17.2. The van der Waals surface area contributed by atoms with E-state index in [-0.39, 0.29) is 45.0 Å². The van der Waals surface area contributed by atoms with Gasteiger partial charge in [-0.1, -0.05) is 6.07 Å². The third kappa shape index (κ3) is 7.64. The first-order chi connectivity index (χ1) is 12.9. The Morgan fingerprint density at radius 2 is 1.61 bits per heavy atom. The van der Waals surface area contributed by atoms with Gasteiger partial charge in [-0.2, -0.15) is 0 Å². The molecule has 1 atom stereocenters. The van der Waals surface area contributed by atoms with Gasteiger partial charge < -0.3 is 34.2 Å². The van der Waals surface area contributed by atoms with E-state index in [2.05, 4.69) is 4.99 Å². The summed E-state index contributed by atoms with van der Waals surface area (Å²) in [5.74, 6) is 0.798. The minimum atomic E-state index is -4.19. The highest BCUT2D eigenvalue weighted by Gasteiger charge is 2.36. The van der Waals surface area contributed by atoms with Crippen LogP contribution in [0.4, 0.5) is 0 Å². The Bertz CT molecular complexity index is 772. The van der Waals surface area contributed by atoms with Crippen molar-refractivity contribution in [2.45, 2.75) is 25.3 Å². The van der Waals surface area contributed by atoms with Gasteiger partial charge in [-0.25, -0.2) is 4.99 Å². The lowest BCUT2D eigenvalue weighted by Crippen LogP contribution is -2.39. The summed E-state index contributed by atoms with van der Waals surface area (Å²) in [6, 6.07) is 4.85. The van der Waals surface area contributed by atoms with Crippen molar-refractivity contribution in [1.29, 1.82) is 0 Å². The van der Waals surface area contributed by atoms with Crippen LogP contribution in [-0.4, -0.2) is 68.3 Å². The van der Waals surface area contributed by atoms with Crippen molar-refractivity contribution in [2.24, 2.45) is 4.99 Å². The Morgan fingerprint density at radius 1 is 1.07 bits per heavy atom. The zero-order valence-electron chi connectivity index (χ0n) is 15.4. The Balaban J connectivity index is 2.18. The lowest BCUT2D eigenvalue weighted by molar-refractivity contribution is 0.107. The number of ether oxygens (including phenoxy) is 2. The molecule has 12 heteroatoms. The van der Waals surface area contributed by atoms with E-state index in [1.165, 1.54) is 0 Å². The average molecular weight is 437 g/mol. The number of hydrogen-bond acceptors (Lipinski definition) is 6. The maximum Gasteiger partial charge on any atom is 0.325 e. The van der Waals surface area contributed by atoms with Gasteiger partial charge in [0.25, 0.3) is 0 Å². The predicted molar refractivity (Wildman–Crippen MR) is 102 cm³/mol. The summed E-state index contributed by atoms with van der Waals surface area (Å²) in [5.41, 5.74) is 0.210. The van der Waals surface area contributed by atoms with E-state index >= 15 is 0 Å². The van der Waals surface area contributed by atoms with Gasteiger partial charge in [-0.3, -0.25) is 9.13 Å². The Labute approximate surface area is 162 Å². The number of aliphatic imine (C=N–C) groups is 1. The van der Waals surface area contributed by atoms with Crippen molar-refractivity contribution in [2.75, 3.05) is 32.1 Å². The van der Waals surface area contributed by atoms with Crippen LogP contribution in [-0.2, 0) is 26.7 Å². The van der Waals surface area contributed by atoms with E-state index in [4.69, 9.17) is 29.0 Å². The van der Waals surface area contributed by atoms with Crippen LogP contribution in [0.1, 0.15) is 18.1 Å². The summed E-state index contributed by atoms with van der Waals surface area (Å²) < 4.78 is 33.3. The van der Waals surface area contributed by atoms with E-state index in [0.717, 1.165) is 0 Å². The maximum absolute atomic E-state index is 11.1. The van der Waals surface area contributed by atoms with Crippen LogP contribution in [0.15, 0.2) is 23.2 Å². The molecule has 1 aromatic rings. The topological polar surface area (TPSA) is 166 Å². The second-order valence-corrected chi connectivity index (χ2v) is 10.4. The fraction of sp³-hybridized carbons (Fsp3) is 0.562. The van der Waals surface area contributed by atoms with Crippen LogP contribution in [0.5, 0.6) is 5.75 Å². The summed E-state index contributed by atoms with van der Waals surface area (Å²) in [6.45, 7) is 1.56. The van der Waals surface area contributed by atoms with Gasteiger partial charge in [0.15, 0.2) is 11.4 Å². The number of nitrogens with zero attached hydrogens (tertiary/aromatic N) is 1. The van der Waals surface area contributed by atoms with E-state index in [1.54, 1.807) is 25.1 Å². The minimum Gasteiger partial charge on any atom is -0.491 e. The molecule has 0 spiro atoms. The third-order valence-corrected chi connectivity index (χ3v) is 5.77. The zero-order chi connectivity index (χ0) is 21.0. The maximum atomic E-state index is 11.1. The summed E-state index contributed by atoms with van der Waals surface area (Å²) in [5, 5.41) is 9.63. The molecule has 2 rings (SSSR count). The van der Waals surface area contributed by atoms with E-state index in [0.29, 0.717) is 22.8 Å². The van der Waals surface area contributed by atoms with Crippen molar-refractivity contribution >= 4 is 21.1 Å². The number of aryl methyl sites for hydroxylation is 2. The normalized spacial score (nSPS) is 20.0. The molecule has 0 aromatic heterocycles. The highest BCUT2D eigenvalue weighted by molar-refractivity contribution is 7.52. The molecular weight excluding hydrogens is 412 g/mol. The minimum absolute atomic E-state index is 0.0146. The van der Waals surface area contributed by atoms with Gasteiger partial charge >= 0.3 is 15.2 Å². The fourth-order valence-electron chi connectivity index (χ4n) is 2.71. The SMILES string of the molecule is CC1=NC(CO)(COc2cc(CCP(=O)(O)O)cc(CCP(=O)(O)O)c2)CO1. The smallest absolute Gasteiger partial charge is 0.325 e. The Kier molecular flexibility index (Phi) is 7.44. The van der Waals surface area contributed by atoms with Crippen molar-refractivity contribution in [3.63, 3.8) is 0 Å². The molecule has 10 nitrogen and oxygen atoms in total. The Hall–Kier alpha value is -1.25. The van der Waals surface area contributed by atoms with Crippen LogP contribution in [0.25, 0.3) is 0 Å². The Morgan fingerprint density at radius 3 is 2.00 bits per heavy atom. The number of aliphatic hydroxyl groups is 1. The van der Waals surface area contributed by atoms with Crippen LogP contribution < -0.4 is 4.74 Å². The largest absolute Gasteiger partial charge is 0.491 e. The van der Waals surface area contributed by atoms with E-state index < -0.39 is 20.7 Å². The van der Waals surface area contributed by atoms with Gasteiger partial charge in [0.2, 0.25) is 0 Å². The highest BCUT2D eigenvalue weighted by atomic mass is 31.2. The summed E-state index contributed by atoms with van der Waals surface area (Å²) in [4.78, 5) is 40.6. The van der Waals surface area contributed by atoms with Crippen LogP contribution in [0.2, 0.25) is 0 Å². The lowest BCUT2D eigenvalue weighted by atomic mass is 10.0. The summed E-state index contributed by atoms with van der Waals surface area (Å²) in [7, 11) is -8.38. The highest BCUT2D eigenvalue weighted by Crippen LogP contribution is 2.37. The van der Waals surface area contributed by atoms with Crippen LogP contribution in [0.3, 0.4) is 0 Å². The molecule has 1 unspecified atom stereocenters. The number of aliphatic hydroxyl groups excluding tert-OH is 1. The monoisotopic (exact) mass is 437 g/mol. The van der Waals surface area contributed by atoms with Gasteiger partial charge in [0.1, 0.15) is 19.0 Å². The molecule has 0 saturated heterocycles. The molecule has 0 saturated carbocycles. The standard InChI is InChI=1S/C16H25NO9P2/c1-12-17-16(9-18,10-25-12)11-26-15-7-13(2-4-27(19,20)21)6-14(8-15)3-5-28(22,23)24/h6-8,18H,2-5,9-11H2,1H3,(H2,19,20,21)(H2,22,23,24). The molecule has 158 valence electrons. The van der Waals surface area contributed by atoms with Crippen LogP contribution >= 0.6 is 15.2 Å². The molecule has 1 aliphatic heterocycles. The van der Waals surface area contributed by atoms with Gasteiger partial charge in [-0.15, -0.1) is 0 Å². The second-order valence-electron chi connectivity index (χ2n) is 6.85. The van der Waals surface area contributed by atoms with Gasteiger partial charge in [0, 0.05) is 6.92 Å². The quantitative estimate of drug-likeness (QED) is 0.331. The van der Waals surface area contributed by atoms with E-state index in [9.17, 15) is 14.2 Å². The summed E-state index contributed by atoms with van der Waals surface area (Å²) in [6.07, 6.45) is -0.551. The van der Waals surface area contributed by atoms with Gasteiger partial charge in [0.05, 0.1) is 18.9 Å². The fourth-order valence-corrected chi connectivity index (χ4v) is 3.80. The lowest BCUT2D eigenvalue weighted by Gasteiger charge is -2.22. The summed E-state index contributed by atoms with van der Waals surface area (Å²) >= 11 is 0. The number of rotatable bonds is 10. The predicted octanol–water partition coefficient (Wildman–Crippen LogP) is 0.685. The first-order valence-corrected chi connectivity index (χ1v) is 12.1. The molecule has 5 N–H and O–H groups in total. The number of hydrogen-bond donors (Lipinski definition) is 5. The first-order valence-electron chi connectivity index (χ1n) is 8.55. The first kappa shape index (κ1) is 23.0.